The van der Waals surface area contributed by atoms with E-state index in [1.165, 1.54) is 0 Å². The molecule has 0 heterocycles. The number of anilines is 2. The summed E-state index contributed by atoms with van der Waals surface area (Å²) in [6.45, 7) is 0. The number of carbonyl (C=O) groups excluding carboxylic acids is 2. The van der Waals surface area contributed by atoms with Crippen molar-refractivity contribution in [2.24, 2.45) is 5.92 Å². The van der Waals surface area contributed by atoms with Crippen LogP contribution in [0.2, 0.25) is 0 Å². The number of amides is 2. The summed E-state index contributed by atoms with van der Waals surface area (Å²) >= 11 is 1.65. The fourth-order valence-corrected chi connectivity index (χ4v) is 2.96. The van der Waals surface area contributed by atoms with E-state index >= 15 is 0 Å². The number of nitrogens with one attached hydrogen (secondary N) is 1. The second kappa shape index (κ2) is 7.09. The zero-order valence-corrected chi connectivity index (χ0v) is 14.6. The maximum absolute atomic E-state index is 12.6. The van der Waals surface area contributed by atoms with Crippen molar-refractivity contribution in [3.63, 3.8) is 0 Å². The Hall–Kier alpha value is -2.27. The average Bonchev–Trinajstić information content (AvgIpc) is 3.46. The fraction of sp³-hybridized carbons (Fsp3) is 0.263. The SMILES string of the molecule is CSc1ccc(NC(=O)c2ccccc2N(C)C(=O)C2CC2)cc1. The molecule has 0 spiro atoms. The van der Waals surface area contributed by atoms with Crippen molar-refractivity contribution in [2.45, 2.75) is 17.7 Å². The Bertz CT molecular complexity index is 754. The molecule has 3 rings (SSSR count). The first-order chi connectivity index (χ1) is 11.6. The molecule has 1 saturated carbocycles. The van der Waals surface area contributed by atoms with Gasteiger partial charge in [-0.05, 0) is 55.5 Å². The lowest BCUT2D eigenvalue weighted by Gasteiger charge is -2.20. The van der Waals surface area contributed by atoms with Gasteiger partial charge in [0, 0.05) is 23.5 Å². The van der Waals surface area contributed by atoms with E-state index in [1.807, 2.05) is 48.7 Å². The summed E-state index contributed by atoms with van der Waals surface area (Å²) in [6.07, 6.45) is 3.90. The van der Waals surface area contributed by atoms with Crippen LogP contribution in [0.3, 0.4) is 0 Å². The van der Waals surface area contributed by atoms with Crippen LogP contribution in [0, 0.1) is 5.92 Å². The Morgan fingerprint density at radius 1 is 1.08 bits per heavy atom. The highest BCUT2D eigenvalue weighted by molar-refractivity contribution is 7.98. The number of hydrogen-bond donors (Lipinski definition) is 1. The standard InChI is InChI=1S/C19H20N2O2S/c1-21(19(23)13-7-8-13)17-6-4-3-5-16(17)18(22)20-14-9-11-15(24-2)12-10-14/h3-6,9-13H,7-8H2,1-2H3,(H,20,22). The first kappa shape index (κ1) is 16.6. The molecular weight excluding hydrogens is 320 g/mol. The van der Waals surface area contributed by atoms with Gasteiger partial charge in [0.05, 0.1) is 11.3 Å². The Morgan fingerprint density at radius 3 is 2.38 bits per heavy atom. The minimum Gasteiger partial charge on any atom is -0.322 e. The number of rotatable bonds is 5. The van der Waals surface area contributed by atoms with Crippen LogP contribution in [-0.2, 0) is 4.79 Å². The highest BCUT2D eigenvalue weighted by atomic mass is 32.2. The summed E-state index contributed by atoms with van der Waals surface area (Å²) in [5, 5.41) is 2.90. The van der Waals surface area contributed by atoms with E-state index in [1.54, 1.807) is 29.8 Å². The molecule has 0 radical (unpaired) electrons. The molecule has 2 aromatic rings. The minimum absolute atomic E-state index is 0.0829. The van der Waals surface area contributed by atoms with E-state index < -0.39 is 0 Å². The van der Waals surface area contributed by atoms with Gasteiger partial charge in [0.25, 0.3) is 5.91 Å². The van der Waals surface area contributed by atoms with Crippen LogP contribution in [0.4, 0.5) is 11.4 Å². The van der Waals surface area contributed by atoms with Gasteiger partial charge in [-0.2, -0.15) is 0 Å². The lowest BCUT2D eigenvalue weighted by Crippen LogP contribution is -2.29. The molecule has 0 aromatic heterocycles. The van der Waals surface area contributed by atoms with Gasteiger partial charge in [-0.1, -0.05) is 12.1 Å². The fourth-order valence-electron chi connectivity index (χ4n) is 2.55. The maximum Gasteiger partial charge on any atom is 0.257 e. The number of nitrogens with zero attached hydrogens (tertiary/aromatic N) is 1. The van der Waals surface area contributed by atoms with Gasteiger partial charge in [-0.25, -0.2) is 0 Å². The van der Waals surface area contributed by atoms with E-state index in [4.69, 9.17) is 0 Å². The maximum atomic E-state index is 12.6. The molecule has 1 aliphatic carbocycles. The molecule has 1 fully saturated rings. The van der Waals surface area contributed by atoms with Gasteiger partial charge >= 0.3 is 0 Å². The molecule has 0 bridgehead atoms. The molecule has 0 unspecified atom stereocenters. The predicted molar refractivity (Wildman–Crippen MR) is 98.8 cm³/mol. The van der Waals surface area contributed by atoms with Crippen LogP contribution < -0.4 is 10.2 Å². The van der Waals surface area contributed by atoms with Crippen LogP contribution >= 0.6 is 11.8 Å². The zero-order chi connectivity index (χ0) is 17.1. The monoisotopic (exact) mass is 340 g/mol. The molecule has 0 saturated heterocycles. The largest absolute Gasteiger partial charge is 0.322 e. The average molecular weight is 340 g/mol. The zero-order valence-electron chi connectivity index (χ0n) is 13.8. The molecule has 124 valence electrons. The summed E-state index contributed by atoms with van der Waals surface area (Å²) < 4.78 is 0. The van der Waals surface area contributed by atoms with E-state index in [9.17, 15) is 9.59 Å². The summed E-state index contributed by atoms with van der Waals surface area (Å²) in [6, 6.07) is 14.9. The first-order valence-electron chi connectivity index (χ1n) is 7.92. The Kier molecular flexibility index (Phi) is 4.90. The summed E-state index contributed by atoms with van der Waals surface area (Å²) in [5.41, 5.74) is 1.89. The molecule has 4 nitrogen and oxygen atoms in total. The topological polar surface area (TPSA) is 49.4 Å². The molecule has 1 N–H and O–H groups in total. The van der Waals surface area contributed by atoms with Crippen LogP contribution in [0.25, 0.3) is 0 Å². The predicted octanol–water partition coefficient (Wildman–Crippen LogP) is 4.03. The van der Waals surface area contributed by atoms with E-state index in [0.717, 1.165) is 23.4 Å². The summed E-state index contributed by atoms with van der Waals surface area (Å²) in [4.78, 5) is 27.7. The third-order valence-electron chi connectivity index (χ3n) is 4.12. The molecule has 1 aliphatic rings. The van der Waals surface area contributed by atoms with Gasteiger partial charge in [-0.3, -0.25) is 9.59 Å². The van der Waals surface area contributed by atoms with Crippen molar-refractivity contribution in [1.29, 1.82) is 0 Å². The van der Waals surface area contributed by atoms with Gasteiger partial charge in [0.1, 0.15) is 0 Å². The summed E-state index contributed by atoms with van der Waals surface area (Å²) in [5.74, 6) is -0.0114. The number of thioether (sulfide) groups is 1. The van der Waals surface area contributed by atoms with Crippen molar-refractivity contribution in [3.8, 4) is 0 Å². The Morgan fingerprint density at radius 2 is 1.75 bits per heavy atom. The van der Waals surface area contributed by atoms with Gasteiger partial charge in [0.2, 0.25) is 5.91 Å². The molecule has 2 aromatic carbocycles. The number of carbonyl (C=O) groups is 2. The molecule has 0 aliphatic heterocycles. The second-order valence-electron chi connectivity index (χ2n) is 5.87. The van der Waals surface area contributed by atoms with Crippen molar-refractivity contribution in [3.05, 3.63) is 54.1 Å². The quantitative estimate of drug-likeness (QED) is 0.836. The highest BCUT2D eigenvalue weighted by Crippen LogP contribution is 2.33. The third-order valence-corrected chi connectivity index (χ3v) is 4.86. The van der Waals surface area contributed by atoms with Crippen LogP contribution in [0.15, 0.2) is 53.4 Å². The first-order valence-corrected chi connectivity index (χ1v) is 9.14. The van der Waals surface area contributed by atoms with Crippen LogP contribution in [0.1, 0.15) is 23.2 Å². The van der Waals surface area contributed by atoms with Crippen molar-refractivity contribution < 1.29 is 9.59 Å². The Balaban J connectivity index is 1.80. The van der Waals surface area contributed by atoms with E-state index in [-0.39, 0.29) is 17.7 Å². The number of benzene rings is 2. The van der Waals surface area contributed by atoms with Crippen LogP contribution in [0.5, 0.6) is 0 Å². The smallest absolute Gasteiger partial charge is 0.257 e. The molecule has 24 heavy (non-hydrogen) atoms. The number of para-hydroxylation sites is 1. The lowest BCUT2D eigenvalue weighted by molar-refractivity contribution is -0.119. The van der Waals surface area contributed by atoms with Gasteiger partial charge in [0.15, 0.2) is 0 Å². The Labute approximate surface area is 146 Å². The van der Waals surface area contributed by atoms with Crippen molar-refractivity contribution in [2.75, 3.05) is 23.5 Å². The highest BCUT2D eigenvalue weighted by Gasteiger charge is 2.33. The minimum atomic E-state index is -0.210. The van der Waals surface area contributed by atoms with Crippen molar-refractivity contribution >= 4 is 35.0 Å². The lowest BCUT2D eigenvalue weighted by atomic mass is 10.1. The van der Waals surface area contributed by atoms with Crippen LogP contribution in [-0.4, -0.2) is 25.1 Å². The number of hydrogen-bond acceptors (Lipinski definition) is 3. The normalized spacial score (nSPS) is 13.4. The van der Waals surface area contributed by atoms with E-state index in [2.05, 4.69) is 5.32 Å². The van der Waals surface area contributed by atoms with Gasteiger partial charge < -0.3 is 10.2 Å². The third kappa shape index (κ3) is 3.62. The molecule has 0 atom stereocenters. The van der Waals surface area contributed by atoms with Gasteiger partial charge in [-0.15, -0.1) is 11.8 Å². The van der Waals surface area contributed by atoms with Crippen molar-refractivity contribution in [1.82, 2.24) is 0 Å². The second-order valence-corrected chi connectivity index (χ2v) is 6.75. The molecule has 5 heteroatoms. The summed E-state index contributed by atoms with van der Waals surface area (Å²) in [7, 11) is 1.74. The molecular formula is C19H20N2O2S. The molecule has 2 amide bonds. The van der Waals surface area contributed by atoms with E-state index in [0.29, 0.717) is 11.3 Å².